The van der Waals surface area contributed by atoms with Crippen molar-refractivity contribution in [1.29, 1.82) is 0 Å². The lowest BCUT2D eigenvalue weighted by Gasteiger charge is -2.32. The summed E-state index contributed by atoms with van der Waals surface area (Å²) in [5.74, 6) is -0.823. The minimum Gasteiger partial charge on any atom is -0.450 e. The van der Waals surface area contributed by atoms with E-state index in [1.165, 1.54) is 28.8 Å². The number of hydrogen-bond acceptors (Lipinski definition) is 8. The Bertz CT molecular complexity index is 2310. The molecule has 0 saturated carbocycles. The van der Waals surface area contributed by atoms with Crippen molar-refractivity contribution in [2.45, 2.75) is 22.2 Å². The normalized spacial score (nSPS) is 16.8. The molecule has 2 aliphatic rings. The highest BCUT2D eigenvalue weighted by Crippen LogP contribution is 2.55. The first-order valence-corrected chi connectivity index (χ1v) is 17.2. The van der Waals surface area contributed by atoms with Gasteiger partial charge in [0.1, 0.15) is 5.58 Å². The van der Waals surface area contributed by atoms with Crippen molar-refractivity contribution in [3.05, 3.63) is 144 Å². The maximum absolute atomic E-state index is 15.1. The van der Waals surface area contributed by atoms with E-state index in [-0.39, 0.29) is 34.0 Å². The van der Waals surface area contributed by atoms with Gasteiger partial charge in [-0.15, -0.1) is 10.2 Å². The number of benzene rings is 4. The number of nitrogens with zero attached hydrogens (tertiary/aromatic N) is 4. The molecule has 232 valence electrons. The van der Waals surface area contributed by atoms with Crippen molar-refractivity contribution >= 4 is 91.5 Å². The molecule has 0 N–H and O–H groups in total. The van der Waals surface area contributed by atoms with E-state index in [4.69, 9.17) is 39.2 Å². The van der Waals surface area contributed by atoms with Gasteiger partial charge in [-0.1, -0.05) is 100 Å². The highest BCUT2D eigenvalue weighted by atomic mass is 35.5. The quantitative estimate of drug-likeness (QED) is 0.126. The third kappa shape index (κ3) is 4.77. The van der Waals surface area contributed by atoms with E-state index in [0.29, 0.717) is 36.4 Å². The van der Waals surface area contributed by atoms with Crippen molar-refractivity contribution in [3.63, 3.8) is 0 Å². The van der Waals surface area contributed by atoms with Gasteiger partial charge in [0.25, 0.3) is 11.8 Å². The van der Waals surface area contributed by atoms with Gasteiger partial charge in [0, 0.05) is 26.4 Å². The Morgan fingerprint density at radius 2 is 1.49 bits per heavy atom. The van der Waals surface area contributed by atoms with Crippen LogP contribution in [0.2, 0.25) is 15.1 Å². The number of anilines is 2. The predicted molar refractivity (Wildman–Crippen MR) is 185 cm³/mol. The third-order valence-electron chi connectivity index (χ3n) is 8.20. The van der Waals surface area contributed by atoms with Crippen molar-refractivity contribution in [2.75, 3.05) is 9.80 Å². The molecule has 8 nitrogen and oxygen atoms in total. The molecule has 0 fully saturated rings. The van der Waals surface area contributed by atoms with E-state index in [1.54, 1.807) is 47.4 Å². The summed E-state index contributed by atoms with van der Waals surface area (Å²) in [6, 6.07) is 26.3. The molecular formula is C34H19Cl3N4O4S2. The van der Waals surface area contributed by atoms with E-state index < -0.39 is 22.8 Å². The molecule has 2 aromatic heterocycles. The number of rotatable bonds is 6. The van der Waals surface area contributed by atoms with Gasteiger partial charge in [0.05, 0.1) is 23.2 Å². The van der Waals surface area contributed by atoms with Gasteiger partial charge in [-0.2, -0.15) is 0 Å². The first-order chi connectivity index (χ1) is 22.8. The van der Waals surface area contributed by atoms with Gasteiger partial charge >= 0.3 is 0 Å². The first-order valence-electron chi connectivity index (χ1n) is 14.2. The lowest BCUT2D eigenvalue weighted by atomic mass is 9.84. The topological polar surface area (TPSA) is 96.6 Å². The summed E-state index contributed by atoms with van der Waals surface area (Å²) < 4.78 is 6.72. The lowest BCUT2D eigenvalue weighted by Crippen LogP contribution is -2.53. The second-order valence-electron chi connectivity index (χ2n) is 10.9. The number of aromatic nitrogens is 2. The summed E-state index contributed by atoms with van der Waals surface area (Å²) >= 11 is 21.1. The fourth-order valence-electron chi connectivity index (χ4n) is 6.14. The molecular weight excluding hydrogens is 699 g/mol. The summed E-state index contributed by atoms with van der Waals surface area (Å²) in [7, 11) is 0. The summed E-state index contributed by atoms with van der Waals surface area (Å²) in [6.07, 6.45) is 0. The van der Waals surface area contributed by atoms with Crippen LogP contribution in [0.4, 0.5) is 10.8 Å². The van der Waals surface area contributed by atoms with E-state index in [2.05, 4.69) is 10.2 Å². The van der Waals surface area contributed by atoms with Crippen LogP contribution < -0.4 is 15.2 Å². The number of halogens is 3. The second kappa shape index (κ2) is 11.5. The van der Waals surface area contributed by atoms with Gasteiger partial charge in [-0.3, -0.25) is 19.3 Å². The number of carbonyl (C=O) groups is 2. The molecule has 47 heavy (non-hydrogen) atoms. The summed E-state index contributed by atoms with van der Waals surface area (Å²) in [5, 5.41) is 10.6. The highest BCUT2D eigenvalue weighted by molar-refractivity contribution is 8.00. The maximum atomic E-state index is 15.1. The zero-order valence-electron chi connectivity index (χ0n) is 23.9. The van der Waals surface area contributed by atoms with E-state index in [1.807, 2.05) is 36.4 Å². The molecule has 0 bridgehead atoms. The molecule has 4 aromatic carbocycles. The Morgan fingerprint density at radius 1 is 0.809 bits per heavy atom. The van der Waals surface area contributed by atoms with Crippen molar-refractivity contribution in [1.82, 2.24) is 10.2 Å². The second-order valence-corrected chi connectivity index (χ2v) is 14.4. The molecule has 13 heteroatoms. The van der Waals surface area contributed by atoms with Crippen molar-refractivity contribution in [3.8, 4) is 0 Å². The van der Waals surface area contributed by atoms with Crippen LogP contribution in [0.15, 0.2) is 105 Å². The average molecular weight is 718 g/mol. The number of hydrogen-bond donors (Lipinski definition) is 0. The molecule has 6 aromatic rings. The van der Waals surface area contributed by atoms with Crippen LogP contribution >= 0.6 is 57.9 Å². The Kier molecular flexibility index (Phi) is 7.38. The number of amides is 2. The summed E-state index contributed by atoms with van der Waals surface area (Å²) in [5.41, 5.74) is 0.476. The molecule has 0 saturated heterocycles. The number of fused-ring (bicyclic) bond motifs is 5. The monoisotopic (exact) mass is 716 g/mol. The van der Waals surface area contributed by atoms with Crippen LogP contribution in [0.5, 0.6) is 0 Å². The van der Waals surface area contributed by atoms with Crippen LogP contribution in [-0.4, -0.2) is 22.0 Å². The molecule has 1 spiro atoms. The fourth-order valence-corrected chi connectivity index (χ4v) is 8.41. The van der Waals surface area contributed by atoms with Crippen molar-refractivity contribution < 1.29 is 14.0 Å². The predicted octanol–water partition coefficient (Wildman–Crippen LogP) is 8.35. The standard InChI is InChI=1S/C34H19Cl3N4O4S2/c35-20-9-5-18(6-10-20)16-40-25-4-2-1-3-24(25)34(31(40)44)27-28(42)23-15-22(37)13-14-26(23)45-29(27)30(43)41(34)32-38-39-33(47-32)46-17-19-7-11-21(36)12-8-19/h1-15H,16-17H2. The first kappa shape index (κ1) is 30.2. The smallest absolute Gasteiger partial charge is 0.297 e. The lowest BCUT2D eigenvalue weighted by molar-refractivity contribution is -0.121. The largest absolute Gasteiger partial charge is 0.450 e. The molecule has 8 rings (SSSR count). The van der Waals surface area contributed by atoms with E-state index >= 15 is 4.79 Å². The Labute approximate surface area is 290 Å². The number of thioether (sulfide) groups is 1. The van der Waals surface area contributed by atoms with Crippen LogP contribution in [0, 0.1) is 0 Å². The minimum absolute atomic E-state index is 0.0844. The summed E-state index contributed by atoms with van der Waals surface area (Å²) in [6.45, 7) is 0.162. The number of para-hydroxylation sites is 1. The fraction of sp³-hybridized carbons (Fsp3) is 0.0882. The van der Waals surface area contributed by atoms with Gasteiger partial charge < -0.3 is 9.32 Å². The molecule has 2 aliphatic heterocycles. The van der Waals surface area contributed by atoms with Crippen LogP contribution in [-0.2, 0) is 22.6 Å². The van der Waals surface area contributed by atoms with Crippen molar-refractivity contribution in [2.24, 2.45) is 0 Å². The van der Waals surface area contributed by atoms with E-state index in [9.17, 15) is 9.59 Å². The maximum Gasteiger partial charge on any atom is 0.297 e. The van der Waals surface area contributed by atoms with Gasteiger partial charge in [-0.05, 0) is 59.7 Å². The molecule has 0 radical (unpaired) electrons. The number of carbonyl (C=O) groups excluding carboxylic acids is 2. The molecule has 1 unspecified atom stereocenters. The Morgan fingerprint density at radius 3 is 2.23 bits per heavy atom. The molecule has 0 aliphatic carbocycles. The third-order valence-corrected chi connectivity index (χ3v) is 11.1. The van der Waals surface area contributed by atoms with Gasteiger partial charge in [-0.25, -0.2) is 0 Å². The van der Waals surface area contributed by atoms with Gasteiger partial charge in [0.2, 0.25) is 10.9 Å². The average Bonchev–Trinajstić information content (AvgIpc) is 3.71. The minimum atomic E-state index is -1.91. The van der Waals surface area contributed by atoms with E-state index in [0.717, 1.165) is 22.5 Å². The Hall–Kier alpha value is -4.19. The molecule has 4 heterocycles. The highest BCUT2D eigenvalue weighted by Gasteiger charge is 2.66. The van der Waals surface area contributed by atoms with Crippen LogP contribution in [0.1, 0.15) is 32.8 Å². The Balaban J connectivity index is 1.31. The molecule has 2 amide bonds. The molecule has 1 atom stereocenters. The zero-order valence-corrected chi connectivity index (χ0v) is 27.8. The van der Waals surface area contributed by atoms with Crippen LogP contribution in [0.25, 0.3) is 11.0 Å². The van der Waals surface area contributed by atoms with Gasteiger partial charge in [0.15, 0.2) is 15.3 Å². The van der Waals surface area contributed by atoms with Crippen LogP contribution in [0.3, 0.4) is 0 Å². The summed E-state index contributed by atoms with van der Waals surface area (Å²) in [4.78, 5) is 46.9. The zero-order chi connectivity index (χ0) is 32.4. The SMILES string of the molecule is O=C1c2oc3ccc(Cl)cc3c(=O)c2C2(C(=O)N(Cc3ccc(Cl)cc3)c3ccccc32)N1c1nnc(SCc2ccc(Cl)cc2)s1.